The number of aromatic nitrogens is 1. The molecule has 0 atom stereocenters. The van der Waals surface area contributed by atoms with Crippen LogP contribution in [0.1, 0.15) is 5.56 Å². The van der Waals surface area contributed by atoms with E-state index < -0.39 is 25.1 Å². The average molecular weight is 486 g/mol. The van der Waals surface area contributed by atoms with Gasteiger partial charge in [-0.05, 0) is 13.0 Å². The molecule has 3 aromatic rings. The summed E-state index contributed by atoms with van der Waals surface area (Å²) in [5.41, 5.74) is 2.84. The van der Waals surface area contributed by atoms with Crippen LogP contribution in [0.2, 0.25) is 15.1 Å². The Kier molecular flexibility index (Phi) is 7.55. The number of carbonyl (C=O) groups is 2. The number of amides is 1. The quantitative estimate of drug-likeness (QED) is 0.346. The Bertz CT molecular complexity index is 1070. The van der Waals surface area contributed by atoms with Gasteiger partial charge < -0.3 is 9.47 Å². The normalized spacial score (nSPS) is 10.5. The van der Waals surface area contributed by atoms with E-state index in [0.717, 1.165) is 16.8 Å². The van der Waals surface area contributed by atoms with Crippen LogP contribution in [0.3, 0.4) is 0 Å². The lowest BCUT2D eigenvalue weighted by molar-refractivity contribution is -0.149. The summed E-state index contributed by atoms with van der Waals surface area (Å²) in [5, 5.41) is 5.53. The fraction of sp³-hybridized carbons (Fsp3) is 0.150. The highest BCUT2D eigenvalue weighted by molar-refractivity contribution is 7.14. The Morgan fingerprint density at radius 2 is 1.73 bits per heavy atom. The van der Waals surface area contributed by atoms with Gasteiger partial charge in [0.15, 0.2) is 18.3 Å². The van der Waals surface area contributed by atoms with Crippen LogP contribution in [-0.2, 0) is 14.3 Å². The summed E-state index contributed by atoms with van der Waals surface area (Å²) >= 11 is 19.0. The molecule has 6 nitrogen and oxygen atoms in total. The van der Waals surface area contributed by atoms with Gasteiger partial charge in [0.05, 0.1) is 20.8 Å². The zero-order valence-electron chi connectivity index (χ0n) is 15.6. The molecule has 1 amide bonds. The molecule has 0 saturated carbocycles. The predicted octanol–water partition coefficient (Wildman–Crippen LogP) is 5.64. The van der Waals surface area contributed by atoms with Gasteiger partial charge in [-0.1, -0.05) is 64.6 Å². The highest BCUT2D eigenvalue weighted by Crippen LogP contribution is 2.33. The molecule has 0 bridgehead atoms. The smallest absolute Gasteiger partial charge is 0.344 e. The first kappa shape index (κ1) is 22.4. The molecule has 0 aliphatic carbocycles. The van der Waals surface area contributed by atoms with Crippen LogP contribution in [0.5, 0.6) is 5.75 Å². The number of anilines is 1. The summed E-state index contributed by atoms with van der Waals surface area (Å²) in [5.74, 6) is -1.08. The first-order valence-electron chi connectivity index (χ1n) is 8.57. The molecule has 3 rings (SSSR count). The lowest BCUT2D eigenvalue weighted by Gasteiger charge is -2.09. The Morgan fingerprint density at radius 1 is 1.03 bits per heavy atom. The molecule has 2 aromatic carbocycles. The second kappa shape index (κ2) is 10.1. The number of aryl methyl sites for hydroxylation is 1. The van der Waals surface area contributed by atoms with Gasteiger partial charge in [-0.25, -0.2) is 9.78 Å². The number of carbonyl (C=O) groups excluding carboxylic acids is 2. The van der Waals surface area contributed by atoms with E-state index in [0.29, 0.717) is 5.13 Å². The van der Waals surface area contributed by atoms with Crippen molar-refractivity contribution in [2.75, 3.05) is 18.5 Å². The molecule has 0 radical (unpaired) electrons. The standard InChI is InChI=1S/C20H15Cl3N2O4S/c1-11-2-4-12(5-3-11)16-10-30-20(24-16)25-18(26)8-29-19(27)9-28-17-7-14(22)13(21)6-15(17)23/h2-7,10H,8-9H2,1H3,(H,24,25,26). The Hall–Kier alpha value is -2.32. The van der Waals surface area contributed by atoms with Crippen LogP contribution in [-0.4, -0.2) is 30.1 Å². The number of benzene rings is 2. The summed E-state index contributed by atoms with van der Waals surface area (Å²) in [7, 11) is 0. The number of ether oxygens (including phenoxy) is 2. The van der Waals surface area contributed by atoms with Crippen molar-refractivity contribution in [3.8, 4) is 17.0 Å². The fourth-order valence-electron chi connectivity index (χ4n) is 2.28. The summed E-state index contributed by atoms with van der Waals surface area (Å²) in [6, 6.07) is 10.7. The minimum atomic E-state index is -0.744. The van der Waals surface area contributed by atoms with Crippen LogP contribution < -0.4 is 10.1 Å². The van der Waals surface area contributed by atoms with Crippen LogP contribution >= 0.6 is 46.1 Å². The Balaban J connectivity index is 1.46. The maximum absolute atomic E-state index is 12.0. The van der Waals surface area contributed by atoms with Crippen molar-refractivity contribution in [3.63, 3.8) is 0 Å². The molecule has 0 aliphatic rings. The Labute approximate surface area is 191 Å². The number of nitrogens with one attached hydrogen (secondary N) is 1. The molecule has 1 N–H and O–H groups in total. The zero-order chi connectivity index (χ0) is 21.7. The topological polar surface area (TPSA) is 77.5 Å². The number of thiazole rings is 1. The van der Waals surface area contributed by atoms with Gasteiger partial charge in [-0.2, -0.15) is 0 Å². The lowest BCUT2D eigenvalue weighted by atomic mass is 10.1. The summed E-state index contributed by atoms with van der Waals surface area (Å²) in [4.78, 5) is 28.2. The second-order valence-corrected chi connectivity index (χ2v) is 8.18. The van der Waals surface area contributed by atoms with Crippen LogP contribution in [0.15, 0.2) is 41.8 Å². The molecular formula is C20H15Cl3N2O4S. The Morgan fingerprint density at radius 3 is 2.47 bits per heavy atom. The number of hydrogen-bond acceptors (Lipinski definition) is 6. The van der Waals surface area contributed by atoms with E-state index in [1.807, 2.05) is 36.6 Å². The highest BCUT2D eigenvalue weighted by Gasteiger charge is 2.13. The predicted molar refractivity (Wildman–Crippen MR) is 119 cm³/mol. The monoisotopic (exact) mass is 484 g/mol. The third-order valence-electron chi connectivity index (χ3n) is 3.78. The van der Waals surface area contributed by atoms with E-state index in [1.54, 1.807) is 0 Å². The van der Waals surface area contributed by atoms with Gasteiger partial charge in [0, 0.05) is 17.0 Å². The largest absolute Gasteiger partial charge is 0.480 e. The van der Waals surface area contributed by atoms with Crippen molar-refractivity contribution in [1.82, 2.24) is 4.98 Å². The zero-order valence-corrected chi connectivity index (χ0v) is 18.7. The minimum Gasteiger partial charge on any atom is -0.480 e. The van der Waals surface area contributed by atoms with Gasteiger partial charge in [-0.15, -0.1) is 11.3 Å². The van der Waals surface area contributed by atoms with Crippen LogP contribution in [0.4, 0.5) is 5.13 Å². The number of halogens is 3. The van der Waals surface area contributed by atoms with Crippen LogP contribution in [0, 0.1) is 6.92 Å². The molecule has 0 fully saturated rings. The van der Waals surface area contributed by atoms with Crippen molar-refractivity contribution in [3.05, 3.63) is 62.4 Å². The number of nitrogens with zero attached hydrogens (tertiary/aromatic N) is 1. The van der Waals surface area contributed by atoms with Crippen molar-refractivity contribution in [2.24, 2.45) is 0 Å². The average Bonchev–Trinajstić information content (AvgIpc) is 3.17. The molecular weight excluding hydrogens is 471 g/mol. The third kappa shape index (κ3) is 6.09. The van der Waals surface area contributed by atoms with Crippen molar-refractivity contribution < 1.29 is 19.1 Å². The van der Waals surface area contributed by atoms with Gasteiger partial charge in [0.25, 0.3) is 5.91 Å². The van der Waals surface area contributed by atoms with E-state index in [9.17, 15) is 9.59 Å². The molecule has 1 heterocycles. The van der Waals surface area contributed by atoms with Gasteiger partial charge in [0.2, 0.25) is 0 Å². The maximum Gasteiger partial charge on any atom is 0.344 e. The minimum absolute atomic E-state index is 0.180. The number of esters is 1. The summed E-state index contributed by atoms with van der Waals surface area (Å²) in [6.45, 7) is 1.08. The highest BCUT2D eigenvalue weighted by atomic mass is 35.5. The van der Waals surface area contributed by atoms with Crippen molar-refractivity contribution in [2.45, 2.75) is 6.92 Å². The molecule has 10 heteroatoms. The molecule has 0 aliphatic heterocycles. The second-order valence-electron chi connectivity index (χ2n) is 6.10. The van der Waals surface area contributed by atoms with E-state index in [1.165, 1.54) is 23.5 Å². The maximum atomic E-state index is 12.0. The molecule has 156 valence electrons. The molecule has 0 unspecified atom stereocenters. The van der Waals surface area contributed by atoms with Crippen LogP contribution in [0.25, 0.3) is 11.3 Å². The van der Waals surface area contributed by atoms with Gasteiger partial charge in [-0.3, -0.25) is 10.1 Å². The summed E-state index contributed by atoms with van der Waals surface area (Å²) in [6.07, 6.45) is 0. The third-order valence-corrected chi connectivity index (χ3v) is 5.56. The number of rotatable bonds is 7. The van der Waals surface area contributed by atoms with Gasteiger partial charge >= 0.3 is 5.97 Å². The van der Waals surface area contributed by atoms with Crippen molar-refractivity contribution in [1.29, 1.82) is 0 Å². The first-order chi connectivity index (χ1) is 14.3. The molecule has 0 saturated heterocycles. The SMILES string of the molecule is Cc1ccc(-c2csc(NC(=O)COC(=O)COc3cc(Cl)c(Cl)cc3Cl)n2)cc1. The molecule has 0 spiro atoms. The molecule has 30 heavy (non-hydrogen) atoms. The van der Waals surface area contributed by atoms with E-state index in [-0.39, 0.29) is 20.8 Å². The van der Waals surface area contributed by atoms with E-state index >= 15 is 0 Å². The first-order valence-corrected chi connectivity index (χ1v) is 10.6. The van der Waals surface area contributed by atoms with E-state index in [2.05, 4.69) is 10.3 Å². The number of hydrogen-bond donors (Lipinski definition) is 1. The molecule has 1 aromatic heterocycles. The van der Waals surface area contributed by atoms with Gasteiger partial charge in [0.1, 0.15) is 5.75 Å². The fourth-order valence-corrected chi connectivity index (χ4v) is 3.61. The van der Waals surface area contributed by atoms with Crippen molar-refractivity contribution >= 4 is 63.1 Å². The summed E-state index contributed by atoms with van der Waals surface area (Å²) < 4.78 is 10.1. The van der Waals surface area contributed by atoms with E-state index in [4.69, 9.17) is 44.3 Å². The lowest BCUT2D eigenvalue weighted by Crippen LogP contribution is -2.23.